The quantitative estimate of drug-likeness (QED) is 0.794. The van der Waals surface area contributed by atoms with Crippen molar-refractivity contribution in [2.45, 2.75) is 27.2 Å². The standard InChI is InChI=1S/C12H16BrFO/c1-12(2,3)6-7-15-11-5-4-9(14)8-10(11)13/h4-5,8H,6-7H2,1-3H3. The second kappa shape index (κ2) is 4.97. The number of halogens is 2. The van der Waals surface area contributed by atoms with Gasteiger partial charge in [-0.2, -0.15) is 0 Å². The molecule has 1 aromatic carbocycles. The van der Waals surface area contributed by atoms with E-state index >= 15 is 0 Å². The smallest absolute Gasteiger partial charge is 0.133 e. The molecule has 1 nitrogen and oxygen atoms in total. The summed E-state index contributed by atoms with van der Waals surface area (Å²) in [5, 5.41) is 0. The Morgan fingerprint density at radius 2 is 2.00 bits per heavy atom. The minimum atomic E-state index is -0.259. The van der Waals surface area contributed by atoms with Crippen LogP contribution in [0, 0.1) is 11.2 Å². The Bertz CT molecular complexity index is 331. The SMILES string of the molecule is CC(C)(C)CCOc1ccc(F)cc1Br. The molecule has 0 unspecified atom stereocenters. The summed E-state index contributed by atoms with van der Waals surface area (Å²) in [6.07, 6.45) is 0.969. The lowest BCUT2D eigenvalue weighted by Gasteiger charge is -2.18. The van der Waals surface area contributed by atoms with Gasteiger partial charge in [0.2, 0.25) is 0 Å². The zero-order valence-corrected chi connectivity index (χ0v) is 10.9. The molecule has 0 amide bonds. The van der Waals surface area contributed by atoms with Crippen LogP contribution >= 0.6 is 15.9 Å². The van der Waals surface area contributed by atoms with E-state index in [1.165, 1.54) is 12.1 Å². The van der Waals surface area contributed by atoms with Crippen LogP contribution in [0.25, 0.3) is 0 Å². The molecule has 0 aliphatic heterocycles. The minimum Gasteiger partial charge on any atom is -0.492 e. The van der Waals surface area contributed by atoms with E-state index in [9.17, 15) is 4.39 Å². The van der Waals surface area contributed by atoms with Crippen LogP contribution in [0.2, 0.25) is 0 Å². The molecule has 0 aromatic heterocycles. The molecule has 0 aliphatic carbocycles. The van der Waals surface area contributed by atoms with Gasteiger partial charge in [0.05, 0.1) is 11.1 Å². The Morgan fingerprint density at radius 3 is 2.53 bits per heavy atom. The second-order valence-electron chi connectivity index (χ2n) is 4.73. The zero-order chi connectivity index (χ0) is 11.5. The van der Waals surface area contributed by atoms with Gasteiger partial charge in [-0.05, 0) is 46.0 Å². The van der Waals surface area contributed by atoms with Crippen molar-refractivity contribution < 1.29 is 9.13 Å². The highest BCUT2D eigenvalue weighted by atomic mass is 79.9. The van der Waals surface area contributed by atoms with Crippen molar-refractivity contribution in [3.63, 3.8) is 0 Å². The summed E-state index contributed by atoms with van der Waals surface area (Å²) in [5.74, 6) is 0.436. The highest BCUT2D eigenvalue weighted by Gasteiger charge is 2.10. The van der Waals surface area contributed by atoms with E-state index < -0.39 is 0 Å². The van der Waals surface area contributed by atoms with E-state index in [0.29, 0.717) is 16.8 Å². The van der Waals surface area contributed by atoms with Crippen molar-refractivity contribution in [1.29, 1.82) is 0 Å². The molecule has 0 fully saturated rings. The molecule has 0 atom stereocenters. The normalized spacial score (nSPS) is 11.5. The van der Waals surface area contributed by atoms with Crippen molar-refractivity contribution in [2.75, 3.05) is 6.61 Å². The molecule has 0 saturated heterocycles. The largest absolute Gasteiger partial charge is 0.492 e. The molecule has 1 aromatic rings. The van der Waals surface area contributed by atoms with E-state index in [4.69, 9.17) is 4.74 Å². The first-order valence-electron chi connectivity index (χ1n) is 4.96. The van der Waals surface area contributed by atoms with Gasteiger partial charge in [0.1, 0.15) is 11.6 Å². The Labute approximate surface area is 98.8 Å². The molecular weight excluding hydrogens is 259 g/mol. The van der Waals surface area contributed by atoms with E-state index in [2.05, 4.69) is 36.7 Å². The van der Waals surface area contributed by atoms with Crippen LogP contribution in [0.5, 0.6) is 5.75 Å². The van der Waals surface area contributed by atoms with Crippen LogP contribution in [0.1, 0.15) is 27.2 Å². The number of hydrogen-bond donors (Lipinski definition) is 0. The third-order valence-corrected chi connectivity index (χ3v) is 2.62. The molecule has 0 spiro atoms. The van der Waals surface area contributed by atoms with Gasteiger partial charge >= 0.3 is 0 Å². The molecule has 3 heteroatoms. The van der Waals surface area contributed by atoms with Gasteiger partial charge in [-0.1, -0.05) is 20.8 Å². The molecular formula is C12H16BrFO. The van der Waals surface area contributed by atoms with Crippen molar-refractivity contribution in [2.24, 2.45) is 5.41 Å². The van der Waals surface area contributed by atoms with Crippen LogP contribution in [0.4, 0.5) is 4.39 Å². The van der Waals surface area contributed by atoms with Crippen molar-refractivity contribution in [3.8, 4) is 5.75 Å². The fourth-order valence-electron chi connectivity index (χ4n) is 1.06. The molecule has 15 heavy (non-hydrogen) atoms. The molecule has 84 valence electrons. The van der Waals surface area contributed by atoms with Gasteiger partial charge in [-0.3, -0.25) is 0 Å². The molecule has 0 bridgehead atoms. The van der Waals surface area contributed by atoms with E-state index in [1.54, 1.807) is 6.07 Å². The predicted octanol–water partition coefficient (Wildman–Crippen LogP) is 4.40. The van der Waals surface area contributed by atoms with Crippen LogP contribution < -0.4 is 4.74 Å². The zero-order valence-electron chi connectivity index (χ0n) is 9.31. The molecule has 1 rings (SSSR count). The summed E-state index contributed by atoms with van der Waals surface area (Å²) < 4.78 is 19.0. The lowest BCUT2D eigenvalue weighted by molar-refractivity contribution is 0.241. The summed E-state index contributed by atoms with van der Waals surface area (Å²) in [5.41, 5.74) is 0.256. The van der Waals surface area contributed by atoms with Crippen LogP contribution in [-0.4, -0.2) is 6.61 Å². The maximum atomic E-state index is 12.8. The summed E-state index contributed by atoms with van der Waals surface area (Å²) in [6.45, 7) is 7.13. The Hall–Kier alpha value is -0.570. The fourth-order valence-corrected chi connectivity index (χ4v) is 1.52. The Morgan fingerprint density at radius 1 is 1.33 bits per heavy atom. The highest BCUT2D eigenvalue weighted by molar-refractivity contribution is 9.10. The summed E-state index contributed by atoms with van der Waals surface area (Å²) >= 11 is 3.26. The average molecular weight is 275 g/mol. The maximum absolute atomic E-state index is 12.8. The van der Waals surface area contributed by atoms with Gasteiger partial charge in [-0.15, -0.1) is 0 Å². The number of rotatable bonds is 3. The average Bonchev–Trinajstić information content (AvgIpc) is 2.07. The molecule has 0 saturated carbocycles. The molecule has 0 radical (unpaired) electrons. The van der Waals surface area contributed by atoms with Crippen molar-refractivity contribution >= 4 is 15.9 Å². The second-order valence-corrected chi connectivity index (χ2v) is 5.59. The maximum Gasteiger partial charge on any atom is 0.133 e. The van der Waals surface area contributed by atoms with Gasteiger partial charge in [0.15, 0.2) is 0 Å². The van der Waals surface area contributed by atoms with Crippen LogP contribution in [0.15, 0.2) is 22.7 Å². The monoisotopic (exact) mass is 274 g/mol. The first-order chi connectivity index (χ1) is 6.88. The summed E-state index contributed by atoms with van der Waals surface area (Å²) in [4.78, 5) is 0. The van der Waals surface area contributed by atoms with Crippen molar-refractivity contribution in [1.82, 2.24) is 0 Å². The lowest BCUT2D eigenvalue weighted by Crippen LogP contribution is -2.11. The lowest BCUT2D eigenvalue weighted by atomic mass is 9.93. The van der Waals surface area contributed by atoms with E-state index in [0.717, 1.165) is 6.42 Å². The first kappa shape index (κ1) is 12.5. The molecule has 0 aliphatic rings. The van der Waals surface area contributed by atoms with Gasteiger partial charge in [0, 0.05) is 0 Å². The summed E-state index contributed by atoms with van der Waals surface area (Å²) in [7, 11) is 0. The third-order valence-electron chi connectivity index (χ3n) is 2.00. The number of ether oxygens (including phenoxy) is 1. The Balaban J connectivity index is 2.51. The number of benzene rings is 1. The minimum absolute atomic E-state index is 0.256. The predicted molar refractivity (Wildman–Crippen MR) is 63.7 cm³/mol. The van der Waals surface area contributed by atoms with Crippen molar-refractivity contribution in [3.05, 3.63) is 28.5 Å². The Kier molecular flexibility index (Phi) is 4.14. The van der Waals surface area contributed by atoms with Gasteiger partial charge < -0.3 is 4.74 Å². The van der Waals surface area contributed by atoms with E-state index in [-0.39, 0.29) is 11.2 Å². The fraction of sp³-hybridized carbons (Fsp3) is 0.500. The molecule has 0 N–H and O–H groups in total. The third kappa shape index (κ3) is 4.65. The van der Waals surface area contributed by atoms with Crippen LogP contribution in [-0.2, 0) is 0 Å². The first-order valence-corrected chi connectivity index (χ1v) is 5.76. The van der Waals surface area contributed by atoms with Gasteiger partial charge in [0.25, 0.3) is 0 Å². The highest BCUT2D eigenvalue weighted by Crippen LogP contribution is 2.26. The molecule has 0 heterocycles. The van der Waals surface area contributed by atoms with Crippen LogP contribution in [0.3, 0.4) is 0 Å². The number of hydrogen-bond acceptors (Lipinski definition) is 1. The summed E-state index contributed by atoms with van der Waals surface area (Å²) in [6, 6.07) is 4.45. The van der Waals surface area contributed by atoms with Gasteiger partial charge in [-0.25, -0.2) is 4.39 Å². The van der Waals surface area contributed by atoms with E-state index in [1.807, 2.05) is 0 Å². The topological polar surface area (TPSA) is 9.23 Å².